The minimum absolute atomic E-state index is 0. The number of nitrogens with two attached hydrogens (primary N) is 1. The maximum Gasteiger partial charge on any atom is 0.224 e. The fourth-order valence-electron chi connectivity index (χ4n) is 2.90. The zero-order valence-corrected chi connectivity index (χ0v) is 13.1. The SMILES string of the molecule is Cl.Nc1ccc(NC(=O)CC2CCc3ccccc3C2)cn1. The molecule has 4 nitrogen and oxygen atoms in total. The van der Waals surface area contributed by atoms with E-state index >= 15 is 0 Å². The van der Waals surface area contributed by atoms with Gasteiger partial charge in [0, 0.05) is 6.42 Å². The van der Waals surface area contributed by atoms with Gasteiger partial charge in [0.05, 0.1) is 11.9 Å². The predicted molar refractivity (Wildman–Crippen MR) is 91.1 cm³/mol. The molecule has 0 saturated carbocycles. The van der Waals surface area contributed by atoms with Crippen LogP contribution in [-0.2, 0) is 17.6 Å². The molecule has 2 aromatic rings. The molecule has 116 valence electrons. The maximum atomic E-state index is 12.1. The van der Waals surface area contributed by atoms with E-state index in [0.29, 0.717) is 23.8 Å². The van der Waals surface area contributed by atoms with E-state index in [1.807, 2.05) is 0 Å². The number of nitrogens with one attached hydrogen (secondary N) is 1. The lowest BCUT2D eigenvalue weighted by molar-refractivity contribution is -0.117. The number of amides is 1. The van der Waals surface area contributed by atoms with Crippen LogP contribution in [0, 0.1) is 5.92 Å². The third-order valence-electron chi connectivity index (χ3n) is 3.99. The van der Waals surface area contributed by atoms with Crippen molar-refractivity contribution >= 4 is 29.8 Å². The van der Waals surface area contributed by atoms with E-state index in [4.69, 9.17) is 5.73 Å². The fraction of sp³-hybridized carbons (Fsp3) is 0.294. The average molecular weight is 318 g/mol. The Hall–Kier alpha value is -2.07. The van der Waals surface area contributed by atoms with Gasteiger partial charge >= 0.3 is 0 Å². The van der Waals surface area contributed by atoms with Crippen molar-refractivity contribution in [3.8, 4) is 0 Å². The standard InChI is InChI=1S/C17H19N3O.ClH/c18-16-8-7-15(11-19-16)20-17(21)10-12-5-6-13-3-1-2-4-14(13)9-12;/h1-4,7-8,11-12H,5-6,9-10H2,(H2,18,19)(H,20,21);1H. The number of fused-ring (bicyclic) bond motifs is 1. The number of carbonyl (C=O) groups is 1. The molecule has 1 heterocycles. The Kier molecular flexibility index (Phi) is 5.39. The first-order chi connectivity index (χ1) is 10.2. The molecule has 0 aliphatic heterocycles. The number of hydrogen-bond donors (Lipinski definition) is 2. The molecule has 1 aromatic carbocycles. The summed E-state index contributed by atoms with van der Waals surface area (Å²) in [6, 6.07) is 12.0. The third kappa shape index (κ3) is 3.98. The lowest BCUT2D eigenvalue weighted by Crippen LogP contribution is -2.21. The van der Waals surface area contributed by atoms with E-state index in [9.17, 15) is 4.79 Å². The van der Waals surface area contributed by atoms with Crippen LogP contribution in [0.1, 0.15) is 24.0 Å². The minimum Gasteiger partial charge on any atom is -0.384 e. The van der Waals surface area contributed by atoms with Gasteiger partial charge in [-0.05, 0) is 48.4 Å². The summed E-state index contributed by atoms with van der Waals surface area (Å²) in [6.07, 6.45) is 5.27. The molecule has 1 atom stereocenters. The third-order valence-corrected chi connectivity index (χ3v) is 3.99. The van der Waals surface area contributed by atoms with Gasteiger partial charge in [-0.2, -0.15) is 0 Å². The van der Waals surface area contributed by atoms with Gasteiger partial charge in [0.15, 0.2) is 0 Å². The molecule has 22 heavy (non-hydrogen) atoms. The van der Waals surface area contributed by atoms with Gasteiger partial charge in [0.1, 0.15) is 5.82 Å². The molecule has 0 spiro atoms. The van der Waals surface area contributed by atoms with Crippen molar-refractivity contribution in [1.82, 2.24) is 4.98 Å². The molecule has 5 heteroatoms. The number of nitrogen functional groups attached to an aromatic ring is 1. The molecule has 1 aliphatic carbocycles. The van der Waals surface area contributed by atoms with Crippen LogP contribution in [0.15, 0.2) is 42.6 Å². The van der Waals surface area contributed by atoms with Crippen LogP contribution >= 0.6 is 12.4 Å². The van der Waals surface area contributed by atoms with E-state index in [2.05, 4.69) is 34.6 Å². The highest BCUT2D eigenvalue weighted by Gasteiger charge is 2.20. The van der Waals surface area contributed by atoms with Crippen molar-refractivity contribution in [3.63, 3.8) is 0 Å². The quantitative estimate of drug-likeness (QED) is 0.913. The van der Waals surface area contributed by atoms with Crippen molar-refractivity contribution in [2.24, 2.45) is 5.92 Å². The van der Waals surface area contributed by atoms with E-state index in [0.717, 1.165) is 19.3 Å². The number of hydrogen-bond acceptors (Lipinski definition) is 3. The van der Waals surface area contributed by atoms with Gasteiger partial charge in [0.25, 0.3) is 0 Å². The van der Waals surface area contributed by atoms with Crippen LogP contribution in [0.3, 0.4) is 0 Å². The lowest BCUT2D eigenvalue weighted by atomic mass is 9.82. The molecule has 1 aliphatic rings. The van der Waals surface area contributed by atoms with Crippen LogP contribution in [0.4, 0.5) is 11.5 Å². The Morgan fingerprint density at radius 2 is 2.00 bits per heavy atom. The number of pyridine rings is 1. The number of benzene rings is 1. The molecule has 3 N–H and O–H groups in total. The van der Waals surface area contributed by atoms with Crippen LogP contribution in [0.25, 0.3) is 0 Å². The molecule has 3 rings (SSSR count). The summed E-state index contributed by atoms with van der Waals surface area (Å²) in [7, 11) is 0. The van der Waals surface area contributed by atoms with Crippen LogP contribution < -0.4 is 11.1 Å². The van der Waals surface area contributed by atoms with E-state index in [-0.39, 0.29) is 18.3 Å². The van der Waals surface area contributed by atoms with Gasteiger partial charge < -0.3 is 11.1 Å². The van der Waals surface area contributed by atoms with Gasteiger partial charge in [0.2, 0.25) is 5.91 Å². The minimum atomic E-state index is 0. The van der Waals surface area contributed by atoms with Crippen molar-refractivity contribution in [1.29, 1.82) is 0 Å². The average Bonchev–Trinajstić information content (AvgIpc) is 2.49. The number of aromatic nitrogens is 1. The molecule has 1 aromatic heterocycles. The maximum absolute atomic E-state index is 12.1. The van der Waals surface area contributed by atoms with Crippen LogP contribution in [0.5, 0.6) is 0 Å². The number of halogens is 1. The number of nitrogens with zero attached hydrogens (tertiary/aromatic N) is 1. The number of carbonyl (C=O) groups excluding carboxylic acids is 1. The second kappa shape index (κ2) is 7.27. The summed E-state index contributed by atoms with van der Waals surface area (Å²) in [5, 5.41) is 2.88. The topological polar surface area (TPSA) is 68.0 Å². The zero-order chi connectivity index (χ0) is 14.7. The largest absolute Gasteiger partial charge is 0.384 e. The van der Waals surface area contributed by atoms with Gasteiger partial charge in [-0.1, -0.05) is 24.3 Å². The number of anilines is 2. The van der Waals surface area contributed by atoms with Crippen molar-refractivity contribution < 1.29 is 4.79 Å². The van der Waals surface area contributed by atoms with Crippen molar-refractivity contribution in [2.45, 2.75) is 25.7 Å². The zero-order valence-electron chi connectivity index (χ0n) is 12.3. The second-order valence-electron chi connectivity index (χ2n) is 5.60. The summed E-state index contributed by atoms with van der Waals surface area (Å²) < 4.78 is 0. The second-order valence-corrected chi connectivity index (χ2v) is 5.60. The van der Waals surface area contributed by atoms with Crippen molar-refractivity contribution in [3.05, 3.63) is 53.7 Å². The van der Waals surface area contributed by atoms with E-state index in [1.165, 1.54) is 11.1 Å². The fourth-order valence-corrected chi connectivity index (χ4v) is 2.90. The molecule has 0 radical (unpaired) electrons. The van der Waals surface area contributed by atoms with Crippen LogP contribution in [0.2, 0.25) is 0 Å². The van der Waals surface area contributed by atoms with Gasteiger partial charge in [-0.25, -0.2) is 4.98 Å². The van der Waals surface area contributed by atoms with Crippen LogP contribution in [-0.4, -0.2) is 10.9 Å². The molecule has 0 bridgehead atoms. The van der Waals surface area contributed by atoms with E-state index in [1.54, 1.807) is 18.3 Å². The highest BCUT2D eigenvalue weighted by molar-refractivity contribution is 5.90. The normalized spacial score (nSPS) is 16.3. The Morgan fingerprint density at radius 3 is 2.73 bits per heavy atom. The highest BCUT2D eigenvalue weighted by atomic mass is 35.5. The summed E-state index contributed by atoms with van der Waals surface area (Å²) >= 11 is 0. The monoisotopic (exact) mass is 317 g/mol. The summed E-state index contributed by atoms with van der Waals surface area (Å²) in [6.45, 7) is 0. The summed E-state index contributed by atoms with van der Waals surface area (Å²) in [5.41, 5.74) is 9.04. The lowest BCUT2D eigenvalue weighted by Gasteiger charge is -2.24. The summed E-state index contributed by atoms with van der Waals surface area (Å²) in [4.78, 5) is 16.1. The number of rotatable bonds is 3. The number of aryl methyl sites for hydroxylation is 1. The Morgan fingerprint density at radius 1 is 1.23 bits per heavy atom. The Balaban J connectivity index is 0.00000176. The molecule has 1 unspecified atom stereocenters. The molecule has 0 fully saturated rings. The Labute approximate surface area is 136 Å². The van der Waals surface area contributed by atoms with Gasteiger partial charge in [-0.15, -0.1) is 12.4 Å². The molecule has 0 saturated heterocycles. The molecular formula is C17H20ClN3O. The smallest absolute Gasteiger partial charge is 0.224 e. The van der Waals surface area contributed by atoms with E-state index < -0.39 is 0 Å². The molecule has 1 amide bonds. The van der Waals surface area contributed by atoms with Gasteiger partial charge in [-0.3, -0.25) is 4.79 Å². The Bertz CT molecular complexity index is 643. The molecular weight excluding hydrogens is 298 g/mol. The highest BCUT2D eigenvalue weighted by Crippen LogP contribution is 2.27. The predicted octanol–water partition coefficient (Wildman–Crippen LogP) is 3.22. The summed E-state index contributed by atoms with van der Waals surface area (Å²) in [5.74, 6) is 0.921. The first kappa shape index (κ1) is 16.3. The first-order valence-electron chi connectivity index (χ1n) is 7.29. The van der Waals surface area contributed by atoms with Crippen molar-refractivity contribution in [2.75, 3.05) is 11.1 Å². The first-order valence-corrected chi connectivity index (χ1v) is 7.29.